The summed E-state index contributed by atoms with van der Waals surface area (Å²) in [6, 6.07) is 0. The molecule has 3 rings (SSSR count). The van der Waals surface area contributed by atoms with Gasteiger partial charge in [-0.25, -0.2) is 9.68 Å². The van der Waals surface area contributed by atoms with Gasteiger partial charge in [0.2, 0.25) is 0 Å². The Bertz CT molecular complexity index is 598. The smallest absolute Gasteiger partial charge is 0.334 e. The van der Waals surface area contributed by atoms with Gasteiger partial charge in [-0.2, -0.15) is 0 Å². The maximum absolute atomic E-state index is 12.0. The van der Waals surface area contributed by atoms with Crippen LogP contribution in [0, 0.1) is 5.92 Å². The molecule has 2 saturated heterocycles. The molecule has 1 saturated carbocycles. The summed E-state index contributed by atoms with van der Waals surface area (Å²) in [6.45, 7) is 11.0. The molecule has 0 aromatic carbocycles. The van der Waals surface area contributed by atoms with E-state index in [-0.39, 0.29) is 18.1 Å². The highest BCUT2D eigenvalue weighted by atomic mass is 17.1. The van der Waals surface area contributed by atoms with Crippen molar-refractivity contribution in [3.05, 3.63) is 24.3 Å². The van der Waals surface area contributed by atoms with Gasteiger partial charge >= 0.3 is 11.9 Å². The van der Waals surface area contributed by atoms with Crippen molar-refractivity contribution in [1.29, 1.82) is 0 Å². The molecule has 3 aliphatic rings. The first kappa shape index (κ1) is 17.1. The minimum absolute atomic E-state index is 0.241. The molecule has 7 nitrogen and oxygen atoms in total. The molecule has 6 atom stereocenters. The summed E-state index contributed by atoms with van der Waals surface area (Å²) in [5, 5.41) is 9.17. The van der Waals surface area contributed by atoms with Gasteiger partial charge in [0.25, 0.3) is 0 Å². The Kier molecular flexibility index (Phi) is 4.27. The standard InChI is InChI=1S/C17H22O7/c1-8-7-12(21-10(3)18)13-9(2)16(19)22-14(13)15-17(4,23-15)6-5-11(8)24-20/h11-15,20H,1-2,5-7H2,3-4H3/t11-,12-,13-,14?,15-,17-/m1/s1. The third-order valence-corrected chi connectivity index (χ3v) is 5.17. The van der Waals surface area contributed by atoms with Gasteiger partial charge in [0, 0.05) is 18.9 Å². The van der Waals surface area contributed by atoms with Gasteiger partial charge in [-0.05, 0) is 25.3 Å². The van der Waals surface area contributed by atoms with E-state index in [0.29, 0.717) is 18.4 Å². The highest BCUT2D eigenvalue weighted by Gasteiger charge is 2.63. The Morgan fingerprint density at radius 3 is 2.75 bits per heavy atom. The van der Waals surface area contributed by atoms with Crippen molar-refractivity contribution in [3.8, 4) is 0 Å². The van der Waals surface area contributed by atoms with E-state index in [2.05, 4.69) is 18.0 Å². The fourth-order valence-electron chi connectivity index (χ4n) is 3.76. The van der Waals surface area contributed by atoms with E-state index in [1.807, 2.05) is 6.92 Å². The molecule has 0 aromatic heterocycles. The van der Waals surface area contributed by atoms with E-state index in [1.165, 1.54) is 6.92 Å². The zero-order valence-electron chi connectivity index (χ0n) is 13.8. The number of hydrogen-bond acceptors (Lipinski definition) is 7. The molecule has 0 spiro atoms. The SMILES string of the molecule is C=C1C[C@@H](OC(C)=O)[C@H]2C(=C)C(=O)OC2[C@H]2O[C@]2(C)CC[C@H]1OO. The monoisotopic (exact) mass is 338 g/mol. The normalized spacial score (nSPS) is 42.0. The number of carbonyl (C=O) groups is 2. The number of esters is 2. The van der Waals surface area contributed by atoms with Crippen molar-refractivity contribution in [3.63, 3.8) is 0 Å². The number of rotatable bonds is 2. The Hall–Kier alpha value is -1.70. The quantitative estimate of drug-likeness (QED) is 0.205. The molecule has 2 aliphatic heterocycles. The Labute approximate surface area is 140 Å². The lowest BCUT2D eigenvalue weighted by Crippen LogP contribution is -2.39. The molecule has 0 amide bonds. The van der Waals surface area contributed by atoms with Crippen LogP contribution in [0.25, 0.3) is 0 Å². The molecule has 1 N–H and O–H groups in total. The van der Waals surface area contributed by atoms with Crippen molar-refractivity contribution in [2.45, 2.75) is 63.1 Å². The van der Waals surface area contributed by atoms with Gasteiger partial charge in [-0.1, -0.05) is 13.2 Å². The first-order chi connectivity index (χ1) is 11.3. The Morgan fingerprint density at radius 2 is 2.12 bits per heavy atom. The van der Waals surface area contributed by atoms with Crippen LogP contribution >= 0.6 is 0 Å². The molecular formula is C17H22O7. The van der Waals surface area contributed by atoms with Crippen LogP contribution in [-0.4, -0.2) is 47.2 Å². The van der Waals surface area contributed by atoms with E-state index >= 15 is 0 Å². The van der Waals surface area contributed by atoms with Gasteiger partial charge in [-0.3, -0.25) is 10.1 Å². The predicted octanol–water partition coefficient (Wildman–Crippen LogP) is 1.77. The van der Waals surface area contributed by atoms with Crippen molar-refractivity contribution >= 4 is 11.9 Å². The minimum atomic E-state index is -0.678. The van der Waals surface area contributed by atoms with Crippen LogP contribution in [0.1, 0.15) is 33.1 Å². The fourth-order valence-corrected chi connectivity index (χ4v) is 3.76. The van der Waals surface area contributed by atoms with Crippen molar-refractivity contribution < 1.29 is 33.9 Å². The van der Waals surface area contributed by atoms with Crippen LogP contribution in [-0.2, 0) is 28.7 Å². The largest absolute Gasteiger partial charge is 0.461 e. The number of fused-ring (bicyclic) bond motifs is 3. The second kappa shape index (κ2) is 5.98. The first-order valence-corrected chi connectivity index (χ1v) is 7.99. The molecule has 1 aliphatic carbocycles. The molecule has 0 aromatic rings. The second-order valence-electron chi connectivity index (χ2n) is 6.92. The molecule has 7 heteroatoms. The zero-order chi connectivity index (χ0) is 17.6. The van der Waals surface area contributed by atoms with Crippen molar-refractivity contribution in [1.82, 2.24) is 0 Å². The molecule has 3 fully saturated rings. The lowest BCUT2D eigenvalue weighted by Gasteiger charge is -2.30. The van der Waals surface area contributed by atoms with Gasteiger partial charge in [0.1, 0.15) is 24.4 Å². The average Bonchev–Trinajstić information content (AvgIpc) is 3.07. The molecule has 24 heavy (non-hydrogen) atoms. The van der Waals surface area contributed by atoms with Gasteiger partial charge in [0.05, 0.1) is 11.5 Å². The molecule has 1 unspecified atom stereocenters. The highest BCUT2D eigenvalue weighted by molar-refractivity contribution is 5.91. The molecular weight excluding hydrogens is 316 g/mol. The Morgan fingerprint density at radius 1 is 1.42 bits per heavy atom. The fraction of sp³-hybridized carbons (Fsp3) is 0.647. The number of epoxide rings is 1. The maximum atomic E-state index is 12.0. The van der Waals surface area contributed by atoms with E-state index in [1.54, 1.807) is 0 Å². The van der Waals surface area contributed by atoms with E-state index in [0.717, 1.165) is 0 Å². The lowest BCUT2D eigenvalue weighted by molar-refractivity contribution is -0.271. The van der Waals surface area contributed by atoms with Crippen molar-refractivity contribution in [2.24, 2.45) is 5.92 Å². The average molecular weight is 338 g/mol. The maximum Gasteiger partial charge on any atom is 0.334 e. The molecule has 2 heterocycles. The van der Waals surface area contributed by atoms with E-state index in [9.17, 15) is 9.59 Å². The third-order valence-electron chi connectivity index (χ3n) is 5.17. The first-order valence-electron chi connectivity index (χ1n) is 7.99. The number of ether oxygens (including phenoxy) is 3. The van der Waals surface area contributed by atoms with Crippen LogP contribution in [0.5, 0.6) is 0 Å². The molecule has 0 bridgehead atoms. The third kappa shape index (κ3) is 2.87. The van der Waals surface area contributed by atoms with Gasteiger partial charge < -0.3 is 14.2 Å². The van der Waals surface area contributed by atoms with Crippen molar-refractivity contribution in [2.75, 3.05) is 0 Å². The highest BCUT2D eigenvalue weighted by Crippen LogP contribution is 2.50. The molecule has 132 valence electrons. The van der Waals surface area contributed by atoms with Crippen LogP contribution in [0.15, 0.2) is 24.3 Å². The summed E-state index contributed by atoms with van der Waals surface area (Å²) in [4.78, 5) is 28.1. The van der Waals surface area contributed by atoms with E-state index in [4.69, 9.17) is 19.5 Å². The summed E-state index contributed by atoms with van der Waals surface area (Å²) >= 11 is 0. The molecule has 0 radical (unpaired) electrons. The Balaban J connectivity index is 1.96. The van der Waals surface area contributed by atoms with Gasteiger partial charge in [-0.15, -0.1) is 0 Å². The zero-order valence-corrected chi connectivity index (χ0v) is 13.8. The second-order valence-corrected chi connectivity index (χ2v) is 6.92. The van der Waals surface area contributed by atoms with E-state index < -0.39 is 41.8 Å². The summed E-state index contributed by atoms with van der Waals surface area (Å²) in [6.07, 6.45) is -0.746. The number of hydrogen-bond donors (Lipinski definition) is 1. The summed E-state index contributed by atoms with van der Waals surface area (Å²) < 4.78 is 16.7. The minimum Gasteiger partial charge on any atom is -0.461 e. The van der Waals surface area contributed by atoms with Crippen LogP contribution < -0.4 is 0 Å². The summed E-state index contributed by atoms with van der Waals surface area (Å²) in [5.41, 5.74) is 0.361. The van der Waals surface area contributed by atoms with Gasteiger partial charge in [0.15, 0.2) is 0 Å². The predicted molar refractivity (Wildman–Crippen MR) is 81.8 cm³/mol. The van der Waals surface area contributed by atoms with Crippen LogP contribution in [0.3, 0.4) is 0 Å². The topological polar surface area (TPSA) is 94.6 Å². The van der Waals surface area contributed by atoms with Crippen LogP contribution in [0.2, 0.25) is 0 Å². The summed E-state index contributed by atoms with van der Waals surface area (Å²) in [5.74, 6) is -1.49. The number of carbonyl (C=O) groups excluding carboxylic acids is 2. The van der Waals surface area contributed by atoms with Crippen LogP contribution in [0.4, 0.5) is 0 Å². The summed E-state index contributed by atoms with van der Waals surface area (Å²) in [7, 11) is 0. The lowest BCUT2D eigenvalue weighted by atomic mass is 9.80.